The van der Waals surface area contributed by atoms with E-state index in [2.05, 4.69) is 24.3 Å². The number of aliphatic hydroxyl groups is 1. The molecule has 1 aliphatic rings. The second-order valence-electron chi connectivity index (χ2n) is 3.87. The first-order valence-electron chi connectivity index (χ1n) is 5.11. The van der Waals surface area contributed by atoms with Crippen LogP contribution in [0.25, 0.3) is 0 Å². The van der Waals surface area contributed by atoms with Gasteiger partial charge in [-0.1, -0.05) is 43.2 Å². The second-order valence-corrected chi connectivity index (χ2v) is 3.87. The zero-order valence-electron chi connectivity index (χ0n) is 7.82. The summed E-state index contributed by atoms with van der Waals surface area (Å²) in [4.78, 5) is 0. The van der Waals surface area contributed by atoms with E-state index in [-0.39, 0.29) is 6.10 Å². The van der Waals surface area contributed by atoms with E-state index in [1.54, 1.807) is 0 Å². The highest BCUT2D eigenvalue weighted by molar-refractivity contribution is 5.21. The van der Waals surface area contributed by atoms with E-state index < -0.39 is 0 Å². The summed E-state index contributed by atoms with van der Waals surface area (Å²) >= 11 is 0. The van der Waals surface area contributed by atoms with Crippen LogP contribution in [0.15, 0.2) is 30.3 Å². The molecule has 1 nitrogen and oxygen atoms in total. The summed E-state index contributed by atoms with van der Waals surface area (Å²) in [5.74, 6) is 0.384. The fourth-order valence-electron chi connectivity index (χ4n) is 2.20. The largest absolute Gasteiger partial charge is 0.392 e. The molecule has 70 valence electrons. The van der Waals surface area contributed by atoms with Gasteiger partial charge in [-0.15, -0.1) is 0 Å². The zero-order valence-corrected chi connectivity index (χ0v) is 7.82. The third kappa shape index (κ3) is 1.92. The highest BCUT2D eigenvalue weighted by atomic mass is 16.3. The van der Waals surface area contributed by atoms with Gasteiger partial charge in [0, 0.05) is 5.92 Å². The van der Waals surface area contributed by atoms with Crippen LogP contribution in [0.4, 0.5) is 0 Å². The summed E-state index contributed by atoms with van der Waals surface area (Å²) in [7, 11) is 0. The first-order chi connectivity index (χ1) is 6.38. The molecule has 1 fully saturated rings. The van der Waals surface area contributed by atoms with Gasteiger partial charge in [-0.05, 0) is 18.4 Å². The summed E-state index contributed by atoms with van der Waals surface area (Å²) in [5, 5.41) is 9.82. The zero-order chi connectivity index (χ0) is 9.10. The average Bonchev–Trinajstić information content (AvgIpc) is 2.20. The number of aliphatic hydroxyl groups excluding tert-OH is 1. The van der Waals surface area contributed by atoms with Crippen LogP contribution >= 0.6 is 0 Å². The summed E-state index contributed by atoms with van der Waals surface area (Å²) in [5.41, 5.74) is 1.30. The Labute approximate surface area is 79.4 Å². The number of rotatable bonds is 1. The Hall–Kier alpha value is -0.820. The van der Waals surface area contributed by atoms with Gasteiger partial charge in [0.2, 0.25) is 0 Å². The Bertz CT molecular complexity index is 255. The van der Waals surface area contributed by atoms with E-state index in [1.165, 1.54) is 18.4 Å². The van der Waals surface area contributed by atoms with Crippen molar-refractivity contribution in [2.45, 2.75) is 37.7 Å². The van der Waals surface area contributed by atoms with Crippen LogP contribution in [0.2, 0.25) is 0 Å². The van der Waals surface area contributed by atoms with Gasteiger partial charge in [-0.3, -0.25) is 0 Å². The molecule has 1 unspecified atom stereocenters. The van der Waals surface area contributed by atoms with Gasteiger partial charge in [-0.2, -0.15) is 0 Å². The fourth-order valence-corrected chi connectivity index (χ4v) is 2.20. The van der Waals surface area contributed by atoms with Crippen LogP contribution in [0.5, 0.6) is 0 Å². The third-order valence-corrected chi connectivity index (χ3v) is 2.96. The summed E-state index contributed by atoms with van der Waals surface area (Å²) in [6.07, 6.45) is 4.45. The standard InChI is InChI=1S/C12H16O/c13-12-9-5-4-8-11(12)10-6-2-1-3-7-10/h1-3,6-7,11-13H,4-5,8-9H2/t11-,12?/m0/s1. The van der Waals surface area contributed by atoms with Gasteiger partial charge < -0.3 is 5.11 Å². The Morgan fingerprint density at radius 3 is 2.38 bits per heavy atom. The van der Waals surface area contributed by atoms with Crippen molar-refractivity contribution in [3.63, 3.8) is 0 Å². The predicted molar refractivity (Wildman–Crippen MR) is 53.7 cm³/mol. The molecule has 0 aliphatic heterocycles. The minimum Gasteiger partial charge on any atom is -0.392 e. The molecule has 0 saturated heterocycles. The maximum Gasteiger partial charge on any atom is 0.0608 e. The van der Waals surface area contributed by atoms with Gasteiger partial charge in [-0.25, -0.2) is 0 Å². The van der Waals surface area contributed by atoms with E-state index in [9.17, 15) is 5.11 Å². The van der Waals surface area contributed by atoms with Crippen molar-refractivity contribution in [2.75, 3.05) is 0 Å². The summed E-state index contributed by atoms with van der Waals surface area (Å²) in [6.45, 7) is 0. The second kappa shape index (κ2) is 3.93. The van der Waals surface area contributed by atoms with Gasteiger partial charge in [0.15, 0.2) is 0 Å². The monoisotopic (exact) mass is 176 g/mol. The molecule has 2 atom stereocenters. The molecular formula is C12H16O. The molecule has 1 aromatic rings. The quantitative estimate of drug-likeness (QED) is 0.697. The molecule has 0 spiro atoms. The lowest BCUT2D eigenvalue weighted by Crippen LogP contribution is -2.22. The fraction of sp³-hybridized carbons (Fsp3) is 0.500. The van der Waals surface area contributed by atoms with Gasteiger partial charge in [0.05, 0.1) is 6.10 Å². The van der Waals surface area contributed by atoms with Crippen molar-refractivity contribution in [3.8, 4) is 0 Å². The Balaban J connectivity index is 2.15. The number of benzene rings is 1. The van der Waals surface area contributed by atoms with Gasteiger partial charge in [0.1, 0.15) is 0 Å². The molecule has 1 aromatic carbocycles. The highest BCUT2D eigenvalue weighted by Gasteiger charge is 2.23. The predicted octanol–water partition coefficient (Wildman–Crippen LogP) is 2.71. The Morgan fingerprint density at radius 1 is 1.00 bits per heavy atom. The van der Waals surface area contributed by atoms with Crippen molar-refractivity contribution in [3.05, 3.63) is 35.9 Å². The molecule has 1 aliphatic carbocycles. The van der Waals surface area contributed by atoms with Crippen LogP contribution in [-0.2, 0) is 0 Å². The van der Waals surface area contributed by atoms with Crippen LogP contribution in [0.3, 0.4) is 0 Å². The van der Waals surface area contributed by atoms with Crippen LogP contribution in [0, 0.1) is 0 Å². The molecule has 0 bridgehead atoms. The average molecular weight is 176 g/mol. The molecular weight excluding hydrogens is 160 g/mol. The molecule has 0 radical (unpaired) electrons. The highest BCUT2D eigenvalue weighted by Crippen LogP contribution is 2.32. The van der Waals surface area contributed by atoms with Gasteiger partial charge in [0.25, 0.3) is 0 Å². The minimum atomic E-state index is -0.115. The Morgan fingerprint density at radius 2 is 1.69 bits per heavy atom. The lowest BCUT2D eigenvalue weighted by Gasteiger charge is -2.27. The van der Waals surface area contributed by atoms with E-state index in [4.69, 9.17) is 0 Å². The van der Waals surface area contributed by atoms with Crippen molar-refractivity contribution in [2.24, 2.45) is 0 Å². The van der Waals surface area contributed by atoms with Crippen LogP contribution in [0.1, 0.15) is 37.2 Å². The van der Waals surface area contributed by atoms with E-state index in [0.29, 0.717) is 5.92 Å². The van der Waals surface area contributed by atoms with Crippen molar-refractivity contribution in [1.29, 1.82) is 0 Å². The summed E-state index contributed by atoms with van der Waals surface area (Å²) in [6, 6.07) is 10.4. The SMILES string of the molecule is OC1CCCC[C@H]1c1ccccc1. The van der Waals surface area contributed by atoms with Crippen LogP contribution in [-0.4, -0.2) is 11.2 Å². The van der Waals surface area contributed by atoms with Crippen LogP contribution < -0.4 is 0 Å². The van der Waals surface area contributed by atoms with Crippen molar-refractivity contribution >= 4 is 0 Å². The van der Waals surface area contributed by atoms with E-state index in [0.717, 1.165) is 12.8 Å². The smallest absolute Gasteiger partial charge is 0.0608 e. The molecule has 0 amide bonds. The maximum atomic E-state index is 9.82. The summed E-state index contributed by atoms with van der Waals surface area (Å²) < 4.78 is 0. The molecule has 0 aromatic heterocycles. The topological polar surface area (TPSA) is 20.2 Å². The van der Waals surface area contributed by atoms with Crippen molar-refractivity contribution < 1.29 is 5.11 Å². The molecule has 1 N–H and O–H groups in total. The maximum absolute atomic E-state index is 9.82. The molecule has 2 rings (SSSR count). The molecule has 0 heterocycles. The normalized spacial score (nSPS) is 28.7. The molecule has 1 heteroatoms. The van der Waals surface area contributed by atoms with E-state index in [1.807, 2.05) is 6.07 Å². The minimum absolute atomic E-state index is 0.115. The lowest BCUT2D eigenvalue weighted by molar-refractivity contribution is 0.106. The lowest BCUT2D eigenvalue weighted by atomic mass is 9.82. The molecule has 13 heavy (non-hydrogen) atoms. The van der Waals surface area contributed by atoms with Crippen molar-refractivity contribution in [1.82, 2.24) is 0 Å². The Kier molecular flexibility index (Phi) is 2.65. The van der Waals surface area contributed by atoms with E-state index >= 15 is 0 Å². The number of hydrogen-bond acceptors (Lipinski definition) is 1. The van der Waals surface area contributed by atoms with Gasteiger partial charge >= 0.3 is 0 Å². The first kappa shape index (κ1) is 8.76. The number of hydrogen-bond donors (Lipinski definition) is 1. The third-order valence-electron chi connectivity index (χ3n) is 2.96. The first-order valence-corrected chi connectivity index (χ1v) is 5.11. The molecule has 1 saturated carbocycles.